The molecule has 1 amide bonds. The van der Waals surface area contributed by atoms with Crippen LogP contribution in [0.4, 0.5) is 5.69 Å². The summed E-state index contributed by atoms with van der Waals surface area (Å²) in [7, 11) is 0. The van der Waals surface area contributed by atoms with Crippen LogP contribution in [0.5, 0.6) is 0 Å². The van der Waals surface area contributed by atoms with Crippen molar-refractivity contribution in [1.82, 2.24) is 5.32 Å². The van der Waals surface area contributed by atoms with Gasteiger partial charge in [-0.3, -0.25) is 14.9 Å². The fourth-order valence-electron chi connectivity index (χ4n) is 1.98. The number of carbonyl (C=O) groups excluding carboxylic acids is 1. The van der Waals surface area contributed by atoms with E-state index in [0.717, 1.165) is 6.42 Å². The minimum absolute atomic E-state index is 0.0457. The highest BCUT2D eigenvalue weighted by molar-refractivity contribution is 5.95. The summed E-state index contributed by atoms with van der Waals surface area (Å²) in [6.45, 7) is 7.36. The number of nitro groups is 1. The number of amides is 1. The van der Waals surface area contributed by atoms with E-state index in [1.165, 1.54) is 18.2 Å². The van der Waals surface area contributed by atoms with Gasteiger partial charge in [-0.1, -0.05) is 20.3 Å². The molecule has 0 aliphatic rings. The average molecular weight is 294 g/mol. The lowest BCUT2D eigenvalue weighted by atomic mass is 9.88. The zero-order chi connectivity index (χ0) is 16.2. The zero-order valence-electron chi connectivity index (χ0n) is 12.8. The SMILES string of the molecule is CCC(C)C(C)(O)CNC(=O)c1ccc([N+](=O)[O-])cc1C. The largest absolute Gasteiger partial charge is 0.388 e. The molecule has 1 aromatic rings. The predicted octanol–water partition coefficient (Wildman–Crippen LogP) is 2.43. The number of rotatable bonds is 6. The number of nitrogens with one attached hydrogen (secondary N) is 1. The second kappa shape index (κ2) is 6.67. The molecular formula is C15H22N2O4. The number of nitrogens with zero attached hydrogens (tertiary/aromatic N) is 1. The summed E-state index contributed by atoms with van der Waals surface area (Å²) in [6.07, 6.45) is 0.805. The number of aryl methyl sites for hydroxylation is 1. The molecule has 2 atom stereocenters. The van der Waals surface area contributed by atoms with Crippen molar-refractivity contribution in [3.05, 3.63) is 39.4 Å². The van der Waals surface area contributed by atoms with Crippen molar-refractivity contribution in [2.45, 2.75) is 39.7 Å². The summed E-state index contributed by atoms with van der Waals surface area (Å²) in [4.78, 5) is 22.3. The van der Waals surface area contributed by atoms with Gasteiger partial charge in [0.15, 0.2) is 0 Å². The molecule has 0 fully saturated rings. The van der Waals surface area contributed by atoms with Gasteiger partial charge < -0.3 is 10.4 Å². The molecule has 0 aliphatic carbocycles. The number of hydrogen-bond donors (Lipinski definition) is 2. The smallest absolute Gasteiger partial charge is 0.269 e. The molecule has 21 heavy (non-hydrogen) atoms. The van der Waals surface area contributed by atoms with Crippen molar-refractivity contribution in [3.8, 4) is 0 Å². The van der Waals surface area contributed by atoms with Crippen LogP contribution >= 0.6 is 0 Å². The minimum atomic E-state index is -0.987. The summed E-state index contributed by atoms with van der Waals surface area (Å²) in [6, 6.07) is 4.09. The number of carbonyl (C=O) groups is 1. The normalized spacial score (nSPS) is 15.1. The molecule has 0 heterocycles. The summed E-state index contributed by atoms with van der Waals surface area (Å²) < 4.78 is 0. The molecule has 0 spiro atoms. The van der Waals surface area contributed by atoms with Crippen molar-refractivity contribution in [1.29, 1.82) is 0 Å². The summed E-state index contributed by atoms with van der Waals surface area (Å²) in [5.74, 6) is -0.290. The van der Waals surface area contributed by atoms with Crippen LogP contribution in [0.15, 0.2) is 18.2 Å². The third-order valence-electron chi connectivity index (χ3n) is 3.95. The van der Waals surface area contributed by atoms with Crippen LogP contribution in [0.25, 0.3) is 0 Å². The highest BCUT2D eigenvalue weighted by Crippen LogP contribution is 2.20. The average Bonchev–Trinajstić information content (AvgIpc) is 2.43. The Bertz CT molecular complexity index is 540. The topological polar surface area (TPSA) is 92.5 Å². The molecule has 2 unspecified atom stereocenters. The third-order valence-corrected chi connectivity index (χ3v) is 3.95. The summed E-state index contributed by atoms with van der Waals surface area (Å²) in [5, 5.41) is 23.6. The van der Waals surface area contributed by atoms with Gasteiger partial charge in [0.05, 0.1) is 10.5 Å². The van der Waals surface area contributed by atoms with Gasteiger partial charge in [-0.15, -0.1) is 0 Å². The van der Waals surface area contributed by atoms with E-state index in [1.54, 1.807) is 13.8 Å². The molecule has 2 N–H and O–H groups in total. The van der Waals surface area contributed by atoms with Crippen LogP contribution in [0.2, 0.25) is 0 Å². The Kier molecular flexibility index (Phi) is 5.43. The van der Waals surface area contributed by atoms with Gasteiger partial charge >= 0.3 is 0 Å². The third kappa shape index (κ3) is 4.26. The maximum absolute atomic E-state index is 12.1. The molecule has 1 rings (SSSR count). The van der Waals surface area contributed by atoms with Gasteiger partial charge in [0.25, 0.3) is 11.6 Å². The van der Waals surface area contributed by atoms with Crippen LogP contribution in [-0.4, -0.2) is 28.1 Å². The van der Waals surface area contributed by atoms with Gasteiger partial charge in [0.2, 0.25) is 0 Å². The van der Waals surface area contributed by atoms with E-state index in [4.69, 9.17) is 0 Å². The highest BCUT2D eigenvalue weighted by atomic mass is 16.6. The van der Waals surface area contributed by atoms with E-state index >= 15 is 0 Å². The first-order valence-corrected chi connectivity index (χ1v) is 6.94. The summed E-state index contributed by atoms with van der Waals surface area (Å²) >= 11 is 0. The van der Waals surface area contributed by atoms with E-state index in [9.17, 15) is 20.0 Å². The molecule has 0 bridgehead atoms. The maximum atomic E-state index is 12.1. The first-order chi connectivity index (χ1) is 9.69. The number of aliphatic hydroxyl groups is 1. The molecule has 116 valence electrons. The van der Waals surface area contributed by atoms with Gasteiger partial charge in [-0.05, 0) is 31.4 Å². The zero-order valence-corrected chi connectivity index (χ0v) is 12.8. The molecule has 0 saturated heterocycles. The van der Waals surface area contributed by atoms with E-state index in [0.29, 0.717) is 11.1 Å². The highest BCUT2D eigenvalue weighted by Gasteiger charge is 2.27. The van der Waals surface area contributed by atoms with Gasteiger partial charge in [0, 0.05) is 24.2 Å². The Balaban J connectivity index is 2.79. The summed E-state index contributed by atoms with van der Waals surface area (Å²) in [5.41, 5.74) is -0.125. The Labute approximate surface area is 124 Å². The lowest BCUT2D eigenvalue weighted by Crippen LogP contribution is -2.45. The van der Waals surface area contributed by atoms with Crippen molar-refractivity contribution in [2.75, 3.05) is 6.54 Å². The second-order valence-electron chi connectivity index (χ2n) is 5.61. The Morgan fingerprint density at radius 3 is 2.62 bits per heavy atom. The van der Waals surface area contributed by atoms with E-state index in [2.05, 4.69) is 5.32 Å². The Morgan fingerprint density at radius 2 is 2.14 bits per heavy atom. The van der Waals surface area contributed by atoms with Crippen molar-refractivity contribution >= 4 is 11.6 Å². The number of nitro benzene ring substituents is 1. The quantitative estimate of drug-likeness (QED) is 0.622. The number of non-ortho nitro benzene ring substituents is 1. The molecule has 0 aliphatic heterocycles. The molecule has 6 nitrogen and oxygen atoms in total. The van der Waals surface area contributed by atoms with E-state index in [1.807, 2.05) is 13.8 Å². The van der Waals surface area contributed by atoms with Crippen molar-refractivity contribution in [2.24, 2.45) is 5.92 Å². The second-order valence-corrected chi connectivity index (χ2v) is 5.61. The van der Waals surface area contributed by atoms with Gasteiger partial charge in [0.1, 0.15) is 0 Å². The molecular weight excluding hydrogens is 272 g/mol. The van der Waals surface area contributed by atoms with Crippen LogP contribution in [-0.2, 0) is 0 Å². The lowest BCUT2D eigenvalue weighted by Gasteiger charge is -2.29. The molecule has 6 heteroatoms. The number of benzene rings is 1. The van der Waals surface area contributed by atoms with Crippen molar-refractivity contribution in [3.63, 3.8) is 0 Å². The van der Waals surface area contributed by atoms with Crippen molar-refractivity contribution < 1.29 is 14.8 Å². The van der Waals surface area contributed by atoms with Crippen LogP contribution in [0.3, 0.4) is 0 Å². The molecule has 1 aromatic carbocycles. The van der Waals surface area contributed by atoms with E-state index < -0.39 is 10.5 Å². The number of hydrogen-bond acceptors (Lipinski definition) is 4. The maximum Gasteiger partial charge on any atom is 0.269 e. The molecule has 0 radical (unpaired) electrons. The standard InChI is InChI=1S/C15H22N2O4/c1-5-11(3)15(4,19)9-16-14(18)13-7-6-12(17(20)21)8-10(13)2/h6-8,11,19H,5,9H2,1-4H3,(H,16,18). The van der Waals surface area contributed by atoms with E-state index in [-0.39, 0.29) is 24.1 Å². The first-order valence-electron chi connectivity index (χ1n) is 6.94. The minimum Gasteiger partial charge on any atom is -0.388 e. The van der Waals surface area contributed by atoms with Crippen LogP contribution < -0.4 is 5.32 Å². The monoisotopic (exact) mass is 294 g/mol. The van der Waals surface area contributed by atoms with Gasteiger partial charge in [-0.2, -0.15) is 0 Å². The fraction of sp³-hybridized carbons (Fsp3) is 0.533. The predicted molar refractivity (Wildman–Crippen MR) is 80.2 cm³/mol. The molecule has 0 saturated carbocycles. The Hall–Kier alpha value is -1.95. The fourth-order valence-corrected chi connectivity index (χ4v) is 1.98. The van der Waals surface area contributed by atoms with Gasteiger partial charge in [-0.25, -0.2) is 0 Å². The van der Waals surface area contributed by atoms with Crippen LogP contribution in [0, 0.1) is 23.0 Å². The first kappa shape index (κ1) is 17.1. The van der Waals surface area contributed by atoms with Crippen LogP contribution in [0.1, 0.15) is 43.1 Å². The Morgan fingerprint density at radius 1 is 1.52 bits per heavy atom. The molecule has 0 aromatic heterocycles. The lowest BCUT2D eigenvalue weighted by molar-refractivity contribution is -0.384.